The molecular formula is C22H19FN2O5. The van der Waals surface area contributed by atoms with E-state index in [0.717, 1.165) is 4.90 Å². The normalized spacial score (nSPS) is 15.2. The molecule has 1 saturated heterocycles. The van der Waals surface area contributed by atoms with E-state index in [1.807, 2.05) is 0 Å². The first-order valence-electron chi connectivity index (χ1n) is 8.98. The van der Waals surface area contributed by atoms with Crippen LogP contribution in [0.15, 0.2) is 60.7 Å². The highest BCUT2D eigenvalue weighted by Gasteiger charge is 2.34. The van der Waals surface area contributed by atoms with Gasteiger partial charge in [-0.2, -0.15) is 0 Å². The number of urea groups is 1. The number of barbiturate groups is 1. The summed E-state index contributed by atoms with van der Waals surface area (Å²) in [6.45, 7) is 3.43. The van der Waals surface area contributed by atoms with E-state index in [-0.39, 0.29) is 18.7 Å². The van der Waals surface area contributed by atoms with Crippen molar-refractivity contribution < 1.29 is 28.2 Å². The van der Waals surface area contributed by atoms with Gasteiger partial charge in [0, 0.05) is 12.1 Å². The SMILES string of the molecule is C=CCN1C(=O)NC(=O)/C(=C/c2ccc(OC)c(OCc3ccccc3F)c2)C1=O. The van der Waals surface area contributed by atoms with Crippen molar-refractivity contribution in [1.82, 2.24) is 10.2 Å². The number of hydrogen-bond donors (Lipinski definition) is 1. The molecule has 4 amide bonds. The summed E-state index contributed by atoms with van der Waals surface area (Å²) in [7, 11) is 1.46. The van der Waals surface area contributed by atoms with E-state index >= 15 is 0 Å². The summed E-state index contributed by atoms with van der Waals surface area (Å²) < 4.78 is 24.8. The van der Waals surface area contributed by atoms with E-state index in [2.05, 4.69) is 11.9 Å². The molecule has 0 aliphatic carbocycles. The van der Waals surface area contributed by atoms with Crippen LogP contribution in [0.4, 0.5) is 9.18 Å². The van der Waals surface area contributed by atoms with Crippen LogP contribution in [-0.2, 0) is 16.2 Å². The summed E-state index contributed by atoms with van der Waals surface area (Å²) in [4.78, 5) is 37.4. The van der Waals surface area contributed by atoms with Gasteiger partial charge in [-0.25, -0.2) is 9.18 Å². The number of carbonyl (C=O) groups excluding carboxylic acids is 3. The molecule has 1 aliphatic rings. The zero-order valence-corrected chi connectivity index (χ0v) is 16.2. The quantitative estimate of drug-likeness (QED) is 0.431. The number of nitrogens with zero attached hydrogens (tertiary/aromatic N) is 1. The number of amides is 4. The van der Waals surface area contributed by atoms with Crippen LogP contribution in [0, 0.1) is 5.82 Å². The van der Waals surface area contributed by atoms with Crippen molar-refractivity contribution in [3.05, 3.63) is 77.6 Å². The minimum atomic E-state index is -0.800. The molecule has 1 fully saturated rings. The van der Waals surface area contributed by atoms with E-state index < -0.39 is 23.7 Å². The Morgan fingerprint density at radius 3 is 2.60 bits per heavy atom. The zero-order valence-electron chi connectivity index (χ0n) is 16.2. The lowest BCUT2D eigenvalue weighted by Crippen LogP contribution is -2.54. The molecule has 0 saturated carbocycles. The Balaban J connectivity index is 1.89. The summed E-state index contributed by atoms with van der Waals surface area (Å²) in [6, 6.07) is 10.2. The van der Waals surface area contributed by atoms with Gasteiger partial charge >= 0.3 is 6.03 Å². The third-order valence-corrected chi connectivity index (χ3v) is 4.34. The van der Waals surface area contributed by atoms with Gasteiger partial charge in [-0.1, -0.05) is 30.3 Å². The fourth-order valence-electron chi connectivity index (χ4n) is 2.82. The van der Waals surface area contributed by atoms with Crippen LogP contribution in [-0.4, -0.2) is 36.4 Å². The first-order chi connectivity index (χ1) is 14.4. The van der Waals surface area contributed by atoms with E-state index in [1.165, 1.54) is 25.3 Å². The predicted octanol–water partition coefficient (Wildman–Crippen LogP) is 3.06. The van der Waals surface area contributed by atoms with Gasteiger partial charge < -0.3 is 9.47 Å². The maximum absolute atomic E-state index is 13.8. The second-order valence-corrected chi connectivity index (χ2v) is 6.31. The van der Waals surface area contributed by atoms with Crippen LogP contribution in [0.2, 0.25) is 0 Å². The van der Waals surface area contributed by atoms with Gasteiger partial charge in [-0.05, 0) is 29.8 Å². The number of carbonyl (C=O) groups is 3. The Bertz CT molecular complexity index is 1050. The number of rotatable bonds is 7. The summed E-state index contributed by atoms with van der Waals surface area (Å²) >= 11 is 0. The van der Waals surface area contributed by atoms with Gasteiger partial charge in [0.2, 0.25) is 0 Å². The lowest BCUT2D eigenvalue weighted by molar-refractivity contribution is -0.129. The van der Waals surface area contributed by atoms with E-state index in [1.54, 1.807) is 36.4 Å². The molecule has 0 spiro atoms. The van der Waals surface area contributed by atoms with Crippen molar-refractivity contribution in [2.24, 2.45) is 0 Å². The highest BCUT2D eigenvalue weighted by atomic mass is 19.1. The van der Waals surface area contributed by atoms with Crippen LogP contribution in [0.3, 0.4) is 0 Å². The Morgan fingerprint density at radius 1 is 1.13 bits per heavy atom. The average Bonchev–Trinajstić information content (AvgIpc) is 2.73. The first kappa shape index (κ1) is 20.8. The molecule has 30 heavy (non-hydrogen) atoms. The molecule has 1 heterocycles. The van der Waals surface area contributed by atoms with Gasteiger partial charge in [0.15, 0.2) is 11.5 Å². The van der Waals surface area contributed by atoms with Gasteiger partial charge in [0.05, 0.1) is 7.11 Å². The topological polar surface area (TPSA) is 84.9 Å². The molecule has 2 aromatic rings. The number of hydrogen-bond acceptors (Lipinski definition) is 5. The number of benzene rings is 2. The smallest absolute Gasteiger partial charge is 0.331 e. The molecule has 1 N–H and O–H groups in total. The molecule has 0 unspecified atom stereocenters. The van der Waals surface area contributed by atoms with Crippen molar-refractivity contribution >= 4 is 23.9 Å². The zero-order chi connectivity index (χ0) is 21.7. The third-order valence-electron chi connectivity index (χ3n) is 4.34. The molecule has 8 heteroatoms. The minimum Gasteiger partial charge on any atom is -0.493 e. The second-order valence-electron chi connectivity index (χ2n) is 6.31. The fourth-order valence-corrected chi connectivity index (χ4v) is 2.82. The van der Waals surface area contributed by atoms with Crippen molar-refractivity contribution in [3.8, 4) is 11.5 Å². The first-order valence-corrected chi connectivity index (χ1v) is 8.98. The van der Waals surface area contributed by atoms with Gasteiger partial charge in [0.25, 0.3) is 11.8 Å². The standard InChI is InChI=1S/C22H19FN2O5/c1-3-10-25-21(27)16(20(26)24-22(25)28)11-14-8-9-18(29-2)19(12-14)30-13-15-6-4-5-7-17(15)23/h3-9,11-12H,1,10,13H2,2H3,(H,24,26,28)/b16-11-. The number of nitrogens with one attached hydrogen (secondary N) is 1. The van der Waals surface area contributed by atoms with Crippen LogP contribution < -0.4 is 14.8 Å². The molecule has 7 nitrogen and oxygen atoms in total. The van der Waals surface area contributed by atoms with Crippen molar-refractivity contribution in [2.75, 3.05) is 13.7 Å². The summed E-state index contributed by atoms with van der Waals surface area (Å²) in [5.41, 5.74) is 0.621. The Kier molecular flexibility index (Phi) is 6.26. The number of halogens is 1. The van der Waals surface area contributed by atoms with Crippen molar-refractivity contribution in [2.45, 2.75) is 6.61 Å². The maximum Gasteiger partial charge on any atom is 0.331 e. The fraction of sp³-hybridized carbons (Fsp3) is 0.136. The largest absolute Gasteiger partial charge is 0.493 e. The molecule has 3 rings (SSSR count). The summed E-state index contributed by atoms with van der Waals surface area (Å²) in [5.74, 6) is -1.22. The molecule has 1 aliphatic heterocycles. The Morgan fingerprint density at radius 2 is 1.90 bits per heavy atom. The highest BCUT2D eigenvalue weighted by Crippen LogP contribution is 2.30. The van der Waals surface area contributed by atoms with Crippen LogP contribution in [0.1, 0.15) is 11.1 Å². The molecule has 0 atom stereocenters. The minimum absolute atomic E-state index is 0.0328. The van der Waals surface area contributed by atoms with E-state index in [9.17, 15) is 18.8 Å². The lowest BCUT2D eigenvalue weighted by atomic mass is 10.1. The number of imide groups is 2. The molecule has 154 valence electrons. The second kappa shape index (κ2) is 9.04. The molecule has 2 aromatic carbocycles. The Hall–Kier alpha value is -3.94. The lowest BCUT2D eigenvalue weighted by Gasteiger charge is -2.25. The number of methoxy groups -OCH3 is 1. The van der Waals surface area contributed by atoms with Crippen LogP contribution in [0.5, 0.6) is 11.5 Å². The average molecular weight is 410 g/mol. The number of ether oxygens (including phenoxy) is 2. The van der Waals surface area contributed by atoms with E-state index in [0.29, 0.717) is 22.6 Å². The highest BCUT2D eigenvalue weighted by molar-refractivity contribution is 6.31. The third kappa shape index (κ3) is 4.38. The monoisotopic (exact) mass is 410 g/mol. The predicted molar refractivity (Wildman–Crippen MR) is 107 cm³/mol. The molecule has 0 radical (unpaired) electrons. The Labute approximate surface area is 172 Å². The van der Waals surface area contributed by atoms with Crippen LogP contribution in [0.25, 0.3) is 6.08 Å². The van der Waals surface area contributed by atoms with Crippen molar-refractivity contribution in [3.63, 3.8) is 0 Å². The van der Waals surface area contributed by atoms with Gasteiger partial charge in [-0.3, -0.25) is 19.8 Å². The summed E-state index contributed by atoms with van der Waals surface area (Å²) in [5, 5.41) is 2.12. The van der Waals surface area contributed by atoms with Gasteiger partial charge in [-0.15, -0.1) is 6.58 Å². The molecule has 0 bridgehead atoms. The molecular weight excluding hydrogens is 391 g/mol. The van der Waals surface area contributed by atoms with Gasteiger partial charge in [0.1, 0.15) is 18.0 Å². The van der Waals surface area contributed by atoms with Crippen LogP contribution >= 0.6 is 0 Å². The molecule has 0 aromatic heterocycles. The van der Waals surface area contributed by atoms with E-state index in [4.69, 9.17) is 9.47 Å². The maximum atomic E-state index is 13.8. The van der Waals surface area contributed by atoms with Crippen molar-refractivity contribution in [1.29, 1.82) is 0 Å². The summed E-state index contributed by atoms with van der Waals surface area (Å²) in [6.07, 6.45) is 2.72.